The van der Waals surface area contributed by atoms with E-state index in [9.17, 15) is 4.79 Å². The molecule has 0 fully saturated rings. The monoisotopic (exact) mass is 271 g/mol. The molecule has 0 aliphatic rings. The van der Waals surface area contributed by atoms with Gasteiger partial charge in [-0.2, -0.15) is 0 Å². The number of rotatable bonds is 3. The van der Waals surface area contributed by atoms with Crippen LogP contribution in [0.3, 0.4) is 0 Å². The van der Waals surface area contributed by atoms with E-state index in [0.717, 1.165) is 11.4 Å². The first kappa shape index (κ1) is 12.0. The normalized spacial score (nSPS) is 10.9. The van der Waals surface area contributed by atoms with Crippen LogP contribution in [0.5, 0.6) is 5.75 Å². The van der Waals surface area contributed by atoms with Crippen LogP contribution in [0, 0.1) is 0 Å². The summed E-state index contributed by atoms with van der Waals surface area (Å²) in [5.74, 6) is 0.693. The first-order valence-corrected chi connectivity index (χ1v) is 5.37. The van der Waals surface area contributed by atoms with Gasteiger partial charge in [0.2, 0.25) is 5.91 Å². The second kappa shape index (κ2) is 4.66. The standard InChI is InChI=1S/C11H14BrNO2/c1-11(2,12)10(14)13-8-4-6-9(15-3)7-5-8/h4-7H,1-3H3,(H,13,14). The fraction of sp³-hybridized carbons (Fsp3) is 0.364. The summed E-state index contributed by atoms with van der Waals surface area (Å²) < 4.78 is 4.46. The molecule has 1 rings (SSSR count). The van der Waals surface area contributed by atoms with Crippen molar-refractivity contribution in [3.8, 4) is 5.75 Å². The van der Waals surface area contributed by atoms with Crippen LogP contribution in [0.1, 0.15) is 13.8 Å². The van der Waals surface area contributed by atoms with Gasteiger partial charge in [-0.15, -0.1) is 0 Å². The van der Waals surface area contributed by atoms with E-state index < -0.39 is 4.32 Å². The van der Waals surface area contributed by atoms with E-state index in [1.807, 2.05) is 0 Å². The number of hydrogen-bond acceptors (Lipinski definition) is 2. The lowest BCUT2D eigenvalue weighted by Crippen LogP contribution is -2.30. The van der Waals surface area contributed by atoms with Gasteiger partial charge in [-0.25, -0.2) is 0 Å². The second-order valence-electron chi connectivity index (χ2n) is 3.66. The van der Waals surface area contributed by atoms with Gasteiger partial charge >= 0.3 is 0 Å². The zero-order chi connectivity index (χ0) is 11.5. The topological polar surface area (TPSA) is 38.3 Å². The van der Waals surface area contributed by atoms with Crippen molar-refractivity contribution in [3.63, 3.8) is 0 Å². The Bertz CT molecular complexity index is 341. The Morgan fingerprint density at radius 3 is 2.27 bits per heavy atom. The van der Waals surface area contributed by atoms with Crippen molar-refractivity contribution < 1.29 is 9.53 Å². The molecule has 0 spiro atoms. The summed E-state index contributed by atoms with van der Waals surface area (Å²) in [5.41, 5.74) is 0.758. The Hall–Kier alpha value is -1.03. The second-order valence-corrected chi connectivity index (χ2v) is 5.64. The fourth-order valence-corrected chi connectivity index (χ4v) is 1.05. The number of nitrogens with one attached hydrogen (secondary N) is 1. The van der Waals surface area contributed by atoms with Crippen molar-refractivity contribution in [1.82, 2.24) is 0 Å². The SMILES string of the molecule is COc1ccc(NC(=O)C(C)(C)Br)cc1. The average Bonchev–Trinajstić information content (AvgIpc) is 2.17. The molecule has 0 unspecified atom stereocenters. The molecule has 0 aromatic heterocycles. The van der Waals surface area contributed by atoms with Crippen LogP contribution in [-0.2, 0) is 4.79 Å². The Balaban J connectivity index is 2.70. The minimum Gasteiger partial charge on any atom is -0.497 e. The third-order valence-electron chi connectivity index (χ3n) is 1.89. The Morgan fingerprint density at radius 2 is 1.87 bits per heavy atom. The maximum atomic E-state index is 11.6. The Kier molecular flexibility index (Phi) is 3.74. The van der Waals surface area contributed by atoms with Gasteiger partial charge in [-0.3, -0.25) is 4.79 Å². The quantitative estimate of drug-likeness (QED) is 0.859. The molecule has 4 heteroatoms. The van der Waals surface area contributed by atoms with Crippen molar-refractivity contribution in [2.75, 3.05) is 12.4 Å². The largest absolute Gasteiger partial charge is 0.497 e. The van der Waals surface area contributed by atoms with E-state index in [0.29, 0.717) is 0 Å². The van der Waals surface area contributed by atoms with Crippen molar-refractivity contribution in [1.29, 1.82) is 0 Å². The molecule has 0 atom stereocenters. The number of amides is 1. The number of ether oxygens (including phenoxy) is 1. The number of halogens is 1. The van der Waals surface area contributed by atoms with Crippen molar-refractivity contribution in [3.05, 3.63) is 24.3 Å². The molecular formula is C11H14BrNO2. The highest BCUT2D eigenvalue weighted by Gasteiger charge is 2.23. The molecule has 3 nitrogen and oxygen atoms in total. The molecule has 0 heterocycles. The maximum absolute atomic E-state index is 11.6. The van der Waals surface area contributed by atoms with Gasteiger partial charge in [-0.05, 0) is 38.1 Å². The summed E-state index contributed by atoms with van der Waals surface area (Å²) in [6.07, 6.45) is 0. The number of methoxy groups -OCH3 is 1. The molecule has 0 radical (unpaired) electrons. The Morgan fingerprint density at radius 1 is 1.33 bits per heavy atom. The number of benzene rings is 1. The summed E-state index contributed by atoms with van der Waals surface area (Å²) in [5, 5.41) is 2.79. The van der Waals surface area contributed by atoms with E-state index >= 15 is 0 Å². The van der Waals surface area contributed by atoms with Crippen molar-refractivity contribution in [2.45, 2.75) is 18.2 Å². The lowest BCUT2D eigenvalue weighted by molar-refractivity contribution is -0.117. The minimum absolute atomic E-state index is 0.0762. The summed E-state index contributed by atoms with van der Waals surface area (Å²) in [6.45, 7) is 3.59. The average molecular weight is 272 g/mol. The smallest absolute Gasteiger partial charge is 0.240 e. The summed E-state index contributed by atoms with van der Waals surface area (Å²) in [4.78, 5) is 11.6. The number of hydrogen-bond donors (Lipinski definition) is 1. The molecule has 0 bridgehead atoms. The predicted octanol–water partition coefficient (Wildman–Crippen LogP) is 2.81. The zero-order valence-corrected chi connectivity index (χ0v) is 10.6. The van der Waals surface area contributed by atoms with E-state index in [-0.39, 0.29) is 5.91 Å². The minimum atomic E-state index is -0.563. The molecule has 0 saturated heterocycles. The van der Waals surface area contributed by atoms with Crippen LogP contribution >= 0.6 is 15.9 Å². The number of alkyl halides is 1. The van der Waals surface area contributed by atoms with Gasteiger partial charge in [0.05, 0.1) is 11.4 Å². The fourth-order valence-electron chi connectivity index (χ4n) is 0.954. The molecule has 82 valence electrons. The van der Waals surface area contributed by atoms with Crippen LogP contribution in [0.25, 0.3) is 0 Å². The highest BCUT2D eigenvalue weighted by atomic mass is 79.9. The third-order valence-corrected chi connectivity index (χ3v) is 2.25. The summed E-state index contributed by atoms with van der Waals surface area (Å²) in [7, 11) is 1.61. The van der Waals surface area contributed by atoms with Gasteiger partial charge in [-0.1, -0.05) is 15.9 Å². The summed E-state index contributed by atoms with van der Waals surface area (Å²) in [6, 6.07) is 7.21. The van der Waals surface area contributed by atoms with Crippen LogP contribution < -0.4 is 10.1 Å². The molecule has 1 N–H and O–H groups in total. The first-order valence-electron chi connectivity index (χ1n) is 4.58. The maximum Gasteiger partial charge on any atom is 0.240 e. The Labute approximate surface area is 97.9 Å². The number of carbonyl (C=O) groups is 1. The lowest BCUT2D eigenvalue weighted by atomic mass is 10.2. The van der Waals surface area contributed by atoms with Crippen LogP contribution in [-0.4, -0.2) is 17.3 Å². The van der Waals surface area contributed by atoms with E-state index in [4.69, 9.17) is 4.74 Å². The van der Waals surface area contributed by atoms with Gasteiger partial charge in [0, 0.05) is 5.69 Å². The van der Waals surface area contributed by atoms with E-state index in [1.54, 1.807) is 45.2 Å². The molecule has 1 aromatic carbocycles. The molecular weight excluding hydrogens is 258 g/mol. The third kappa shape index (κ3) is 3.55. The van der Waals surface area contributed by atoms with Crippen LogP contribution in [0.2, 0.25) is 0 Å². The van der Waals surface area contributed by atoms with Crippen LogP contribution in [0.15, 0.2) is 24.3 Å². The molecule has 0 aliphatic carbocycles. The highest BCUT2D eigenvalue weighted by molar-refractivity contribution is 9.10. The molecule has 0 aliphatic heterocycles. The van der Waals surface area contributed by atoms with Gasteiger partial charge in [0.15, 0.2) is 0 Å². The summed E-state index contributed by atoms with van der Waals surface area (Å²) >= 11 is 3.29. The van der Waals surface area contributed by atoms with Gasteiger partial charge < -0.3 is 10.1 Å². The predicted molar refractivity (Wildman–Crippen MR) is 64.6 cm³/mol. The molecule has 1 aromatic rings. The van der Waals surface area contributed by atoms with E-state index in [1.165, 1.54) is 0 Å². The van der Waals surface area contributed by atoms with E-state index in [2.05, 4.69) is 21.2 Å². The zero-order valence-electron chi connectivity index (χ0n) is 9.00. The molecule has 15 heavy (non-hydrogen) atoms. The van der Waals surface area contributed by atoms with Gasteiger partial charge in [0.25, 0.3) is 0 Å². The van der Waals surface area contributed by atoms with Crippen molar-refractivity contribution in [2.24, 2.45) is 0 Å². The molecule has 1 amide bonds. The molecule has 0 saturated carbocycles. The lowest BCUT2D eigenvalue weighted by Gasteiger charge is -2.15. The first-order chi connectivity index (χ1) is 6.93. The number of anilines is 1. The number of carbonyl (C=O) groups excluding carboxylic acids is 1. The van der Waals surface area contributed by atoms with Crippen LogP contribution in [0.4, 0.5) is 5.69 Å². The highest BCUT2D eigenvalue weighted by Crippen LogP contribution is 2.20. The van der Waals surface area contributed by atoms with Crippen molar-refractivity contribution >= 4 is 27.5 Å². The van der Waals surface area contributed by atoms with Gasteiger partial charge in [0.1, 0.15) is 5.75 Å².